The molecule has 0 spiro atoms. The van der Waals surface area contributed by atoms with Gasteiger partial charge in [0.05, 0.1) is 0 Å². The summed E-state index contributed by atoms with van der Waals surface area (Å²) >= 11 is 0. The van der Waals surface area contributed by atoms with E-state index in [-0.39, 0.29) is 17.7 Å². The highest BCUT2D eigenvalue weighted by atomic mass is 16.2. The smallest absolute Gasteiger partial charge is 0.226 e. The monoisotopic (exact) mass is 284 g/mol. The SMILES string of the molecule is CC(=O)Nc1ccc(C2CC(=O)Nc3nn(C)cc32)cc1. The Bertz CT molecular complexity index is 703. The molecule has 0 saturated carbocycles. The van der Waals surface area contributed by atoms with Gasteiger partial charge >= 0.3 is 0 Å². The number of anilines is 2. The number of benzene rings is 1. The molecule has 1 aliphatic heterocycles. The maximum Gasteiger partial charge on any atom is 0.226 e. The van der Waals surface area contributed by atoms with Gasteiger partial charge < -0.3 is 10.6 Å². The molecular weight excluding hydrogens is 268 g/mol. The van der Waals surface area contributed by atoms with Gasteiger partial charge in [0.2, 0.25) is 11.8 Å². The van der Waals surface area contributed by atoms with Gasteiger partial charge in [-0.25, -0.2) is 0 Å². The van der Waals surface area contributed by atoms with Gasteiger partial charge in [0, 0.05) is 43.8 Å². The summed E-state index contributed by atoms with van der Waals surface area (Å²) in [6.45, 7) is 1.47. The summed E-state index contributed by atoms with van der Waals surface area (Å²) < 4.78 is 1.70. The van der Waals surface area contributed by atoms with Gasteiger partial charge in [-0.3, -0.25) is 14.3 Å². The quantitative estimate of drug-likeness (QED) is 0.883. The van der Waals surface area contributed by atoms with E-state index in [1.54, 1.807) is 4.68 Å². The summed E-state index contributed by atoms with van der Waals surface area (Å²) in [6, 6.07) is 7.56. The molecule has 6 nitrogen and oxygen atoms in total. The van der Waals surface area contributed by atoms with Crippen LogP contribution in [0.3, 0.4) is 0 Å². The summed E-state index contributed by atoms with van der Waals surface area (Å²) in [5, 5.41) is 9.78. The standard InChI is InChI=1S/C15H16N4O2/c1-9(20)16-11-5-3-10(4-6-11)12-7-14(21)17-15-13(12)8-19(2)18-15/h3-6,8,12H,7H2,1-2H3,(H,16,20)(H,17,18,21). The topological polar surface area (TPSA) is 76.0 Å². The van der Waals surface area contributed by atoms with E-state index in [0.29, 0.717) is 12.2 Å². The van der Waals surface area contributed by atoms with Crippen LogP contribution in [0.4, 0.5) is 11.5 Å². The van der Waals surface area contributed by atoms with Crippen molar-refractivity contribution in [2.75, 3.05) is 10.6 Å². The fourth-order valence-electron chi connectivity index (χ4n) is 2.64. The summed E-state index contributed by atoms with van der Waals surface area (Å²) in [6.07, 6.45) is 2.33. The molecular formula is C15H16N4O2. The van der Waals surface area contributed by atoms with Crippen molar-refractivity contribution < 1.29 is 9.59 Å². The van der Waals surface area contributed by atoms with Gasteiger partial charge in [0.1, 0.15) is 0 Å². The van der Waals surface area contributed by atoms with Crippen LogP contribution >= 0.6 is 0 Å². The predicted octanol–water partition coefficient (Wildman–Crippen LogP) is 1.85. The molecule has 0 bridgehead atoms. The molecule has 108 valence electrons. The van der Waals surface area contributed by atoms with E-state index in [4.69, 9.17) is 0 Å². The van der Waals surface area contributed by atoms with Crippen LogP contribution in [-0.4, -0.2) is 21.6 Å². The molecule has 1 unspecified atom stereocenters. The van der Waals surface area contributed by atoms with E-state index in [1.165, 1.54) is 6.92 Å². The Labute approximate surface area is 122 Å². The van der Waals surface area contributed by atoms with Crippen molar-refractivity contribution in [3.8, 4) is 0 Å². The second-order valence-corrected chi connectivity index (χ2v) is 5.21. The van der Waals surface area contributed by atoms with E-state index in [2.05, 4.69) is 15.7 Å². The molecule has 6 heteroatoms. The van der Waals surface area contributed by atoms with E-state index in [9.17, 15) is 9.59 Å². The first-order valence-electron chi connectivity index (χ1n) is 6.74. The molecule has 3 rings (SSSR count). The molecule has 0 saturated heterocycles. The number of aromatic nitrogens is 2. The van der Waals surface area contributed by atoms with Crippen LogP contribution in [0.5, 0.6) is 0 Å². The number of carbonyl (C=O) groups excluding carboxylic acids is 2. The first kappa shape index (κ1) is 13.4. The Hall–Kier alpha value is -2.63. The lowest BCUT2D eigenvalue weighted by Crippen LogP contribution is -2.23. The summed E-state index contributed by atoms with van der Waals surface area (Å²) in [7, 11) is 1.83. The van der Waals surface area contributed by atoms with E-state index >= 15 is 0 Å². The largest absolute Gasteiger partial charge is 0.326 e. The van der Waals surface area contributed by atoms with E-state index < -0.39 is 0 Å². The second-order valence-electron chi connectivity index (χ2n) is 5.21. The van der Waals surface area contributed by atoms with Crippen LogP contribution in [0, 0.1) is 0 Å². The van der Waals surface area contributed by atoms with Crippen LogP contribution in [0.25, 0.3) is 0 Å². The first-order chi connectivity index (χ1) is 10.0. The molecule has 0 aliphatic carbocycles. The van der Waals surface area contributed by atoms with E-state index in [0.717, 1.165) is 16.8 Å². The fraction of sp³-hybridized carbons (Fsp3) is 0.267. The Morgan fingerprint density at radius 1 is 1.38 bits per heavy atom. The number of nitrogens with zero attached hydrogens (tertiary/aromatic N) is 2. The fourth-order valence-corrected chi connectivity index (χ4v) is 2.64. The molecule has 2 aromatic rings. The molecule has 2 heterocycles. The number of aryl methyl sites for hydroxylation is 1. The Morgan fingerprint density at radius 2 is 2.10 bits per heavy atom. The van der Waals surface area contributed by atoms with Crippen LogP contribution in [0.2, 0.25) is 0 Å². The van der Waals surface area contributed by atoms with Crippen molar-refractivity contribution >= 4 is 23.3 Å². The maximum absolute atomic E-state index is 11.8. The zero-order valence-corrected chi connectivity index (χ0v) is 11.9. The minimum absolute atomic E-state index is 0.00571. The lowest BCUT2D eigenvalue weighted by atomic mass is 9.87. The number of carbonyl (C=O) groups is 2. The Morgan fingerprint density at radius 3 is 2.76 bits per heavy atom. The molecule has 0 radical (unpaired) electrons. The highest BCUT2D eigenvalue weighted by Gasteiger charge is 2.28. The normalized spacial score (nSPS) is 17.0. The third-order valence-corrected chi connectivity index (χ3v) is 3.51. The van der Waals surface area contributed by atoms with Crippen LogP contribution in [0.15, 0.2) is 30.5 Å². The number of rotatable bonds is 2. The van der Waals surface area contributed by atoms with Gasteiger partial charge in [0.15, 0.2) is 5.82 Å². The molecule has 21 heavy (non-hydrogen) atoms. The third kappa shape index (κ3) is 2.65. The minimum Gasteiger partial charge on any atom is -0.326 e. The molecule has 1 aromatic carbocycles. The van der Waals surface area contributed by atoms with Crippen molar-refractivity contribution in [2.24, 2.45) is 7.05 Å². The highest BCUT2D eigenvalue weighted by molar-refractivity contribution is 5.94. The van der Waals surface area contributed by atoms with Gasteiger partial charge in [-0.05, 0) is 17.7 Å². The van der Waals surface area contributed by atoms with Crippen molar-refractivity contribution in [2.45, 2.75) is 19.3 Å². The van der Waals surface area contributed by atoms with Crippen molar-refractivity contribution in [3.63, 3.8) is 0 Å². The third-order valence-electron chi connectivity index (χ3n) is 3.51. The predicted molar refractivity (Wildman–Crippen MR) is 79.0 cm³/mol. The average Bonchev–Trinajstić information content (AvgIpc) is 2.78. The highest BCUT2D eigenvalue weighted by Crippen LogP contribution is 2.36. The summed E-state index contributed by atoms with van der Waals surface area (Å²) in [4.78, 5) is 22.8. The van der Waals surface area contributed by atoms with Gasteiger partial charge in [-0.2, -0.15) is 5.10 Å². The molecule has 2 amide bonds. The summed E-state index contributed by atoms with van der Waals surface area (Å²) in [5.41, 5.74) is 2.80. The molecule has 1 aliphatic rings. The lowest BCUT2D eigenvalue weighted by Gasteiger charge is -2.22. The zero-order valence-electron chi connectivity index (χ0n) is 11.9. The minimum atomic E-state index is -0.102. The Balaban J connectivity index is 1.93. The number of amides is 2. The molecule has 1 aromatic heterocycles. The van der Waals surface area contributed by atoms with Gasteiger partial charge in [-0.1, -0.05) is 12.1 Å². The molecule has 2 N–H and O–H groups in total. The second kappa shape index (κ2) is 5.05. The van der Waals surface area contributed by atoms with Crippen LogP contribution in [0.1, 0.15) is 30.4 Å². The maximum atomic E-state index is 11.8. The van der Waals surface area contributed by atoms with E-state index in [1.807, 2.05) is 37.5 Å². The lowest BCUT2D eigenvalue weighted by molar-refractivity contribution is -0.116. The number of hydrogen-bond donors (Lipinski definition) is 2. The zero-order chi connectivity index (χ0) is 15.0. The van der Waals surface area contributed by atoms with Crippen molar-refractivity contribution in [1.29, 1.82) is 0 Å². The Kier molecular flexibility index (Phi) is 3.21. The number of nitrogens with one attached hydrogen (secondary N) is 2. The van der Waals surface area contributed by atoms with Gasteiger partial charge in [0.25, 0.3) is 0 Å². The molecule has 1 atom stereocenters. The number of hydrogen-bond acceptors (Lipinski definition) is 3. The van der Waals surface area contributed by atoms with Crippen molar-refractivity contribution in [1.82, 2.24) is 9.78 Å². The average molecular weight is 284 g/mol. The molecule has 0 fully saturated rings. The van der Waals surface area contributed by atoms with Gasteiger partial charge in [-0.15, -0.1) is 0 Å². The number of fused-ring (bicyclic) bond motifs is 1. The van der Waals surface area contributed by atoms with Crippen molar-refractivity contribution in [3.05, 3.63) is 41.6 Å². The van der Waals surface area contributed by atoms with Crippen LogP contribution in [-0.2, 0) is 16.6 Å². The first-order valence-corrected chi connectivity index (χ1v) is 6.74. The van der Waals surface area contributed by atoms with Crippen LogP contribution < -0.4 is 10.6 Å². The summed E-state index contributed by atoms with van der Waals surface area (Å²) in [5.74, 6) is 0.491.